The lowest BCUT2D eigenvalue weighted by Gasteiger charge is -2.25. The Balaban J connectivity index is 4.06. The molecule has 0 fully saturated rings. The monoisotopic (exact) mass is 917 g/mol. The number of hydrogen-bond donors (Lipinski definition) is 5. The zero-order valence-electron chi connectivity index (χ0n) is 42.0. The van der Waals surface area contributed by atoms with Crippen molar-refractivity contribution in [3.63, 3.8) is 0 Å². The summed E-state index contributed by atoms with van der Waals surface area (Å²) in [5.41, 5.74) is 5.40. The van der Waals surface area contributed by atoms with E-state index in [0.717, 1.165) is 38.5 Å². The lowest BCUT2D eigenvalue weighted by molar-refractivity contribution is -0.125. The van der Waals surface area contributed by atoms with Crippen LogP contribution in [0.3, 0.4) is 0 Å². The molecule has 0 aliphatic rings. The molecule has 9 nitrogen and oxygen atoms in total. The topological polar surface area (TPSA) is 151 Å². The van der Waals surface area contributed by atoms with Crippen LogP contribution >= 0.6 is 7.82 Å². The van der Waals surface area contributed by atoms with E-state index >= 15 is 0 Å². The van der Waals surface area contributed by atoms with Gasteiger partial charge in [-0.1, -0.05) is 277 Å². The van der Waals surface area contributed by atoms with Crippen molar-refractivity contribution in [3.8, 4) is 0 Å². The summed E-state index contributed by atoms with van der Waals surface area (Å²) in [6, 6.07) is -0.892. The molecule has 0 aromatic rings. The summed E-state index contributed by atoms with van der Waals surface area (Å²) in [6.45, 7) is 4.11. The highest BCUT2D eigenvalue weighted by atomic mass is 31.2. The van der Waals surface area contributed by atoms with Crippen LogP contribution in [-0.2, 0) is 18.4 Å². The van der Waals surface area contributed by atoms with E-state index in [1.54, 1.807) is 0 Å². The highest BCUT2D eigenvalue weighted by Crippen LogP contribution is 2.43. The van der Waals surface area contributed by atoms with E-state index in [4.69, 9.17) is 14.8 Å². The van der Waals surface area contributed by atoms with Gasteiger partial charge in [0.15, 0.2) is 0 Å². The van der Waals surface area contributed by atoms with E-state index in [2.05, 4.69) is 19.2 Å². The molecule has 10 heteroatoms. The number of rotatable bonds is 53. The number of phosphoric acid groups is 1. The van der Waals surface area contributed by atoms with Crippen LogP contribution in [0.1, 0.15) is 296 Å². The van der Waals surface area contributed by atoms with Crippen LogP contribution in [0.15, 0.2) is 0 Å². The van der Waals surface area contributed by atoms with Crippen molar-refractivity contribution in [2.24, 2.45) is 5.73 Å². The molecule has 4 unspecified atom stereocenters. The minimum absolute atomic E-state index is 0.0631. The van der Waals surface area contributed by atoms with Gasteiger partial charge >= 0.3 is 7.82 Å². The highest BCUT2D eigenvalue weighted by Gasteiger charge is 2.28. The van der Waals surface area contributed by atoms with Crippen molar-refractivity contribution in [2.45, 2.75) is 315 Å². The maximum Gasteiger partial charge on any atom is 0.472 e. The summed E-state index contributed by atoms with van der Waals surface area (Å²) >= 11 is 0. The molecule has 4 atom stereocenters. The number of aliphatic hydroxyl groups excluding tert-OH is 2. The molecular weight excluding hydrogens is 808 g/mol. The van der Waals surface area contributed by atoms with Gasteiger partial charge in [0, 0.05) is 6.54 Å². The van der Waals surface area contributed by atoms with Gasteiger partial charge in [0.25, 0.3) is 0 Å². The van der Waals surface area contributed by atoms with Gasteiger partial charge in [-0.05, 0) is 12.8 Å². The molecule has 0 rings (SSSR count). The van der Waals surface area contributed by atoms with Crippen LogP contribution in [0.25, 0.3) is 0 Å². The van der Waals surface area contributed by atoms with Crippen LogP contribution in [0.2, 0.25) is 0 Å². The maximum atomic E-state index is 12.9. The van der Waals surface area contributed by atoms with E-state index < -0.39 is 32.0 Å². The van der Waals surface area contributed by atoms with Gasteiger partial charge in [0.05, 0.1) is 37.9 Å². The molecule has 378 valence electrons. The van der Waals surface area contributed by atoms with E-state index in [-0.39, 0.29) is 26.2 Å². The normalized spacial score (nSPS) is 14.2. The number of phosphoric ester groups is 1. The minimum atomic E-state index is -4.38. The highest BCUT2D eigenvalue weighted by molar-refractivity contribution is 7.47. The predicted octanol–water partition coefficient (Wildman–Crippen LogP) is 15.5. The Hall–Kier alpha value is -0.540. The molecule has 0 saturated carbocycles. The molecule has 6 N–H and O–H groups in total. The molecule has 0 spiro atoms. The maximum absolute atomic E-state index is 12.9. The molecule has 0 heterocycles. The number of nitrogens with two attached hydrogens (primary N) is 1. The first kappa shape index (κ1) is 62.5. The smallest absolute Gasteiger partial charge is 0.393 e. The third kappa shape index (κ3) is 47.7. The Labute approximate surface area is 391 Å². The van der Waals surface area contributed by atoms with Crippen molar-refractivity contribution in [1.82, 2.24) is 5.32 Å². The van der Waals surface area contributed by atoms with Crippen molar-refractivity contribution < 1.29 is 33.5 Å². The number of unbranched alkanes of at least 4 members (excludes halogenated alkanes) is 39. The zero-order valence-corrected chi connectivity index (χ0v) is 42.9. The standard InChI is InChI=1S/C53H109N2O7P/c1-3-5-7-9-11-13-15-17-19-21-23-25-27-29-31-33-35-37-39-41-43-45-52(57)51(49-62-63(59,60)61-47-46-54)55-53(58)48-50(56)44-42-40-38-36-34-32-30-28-26-24-22-20-18-16-14-12-10-8-6-4-2/h50-52,56-57H,3-49,54H2,1-2H3,(H,55,58)(H,59,60). The molecule has 63 heavy (non-hydrogen) atoms. The fourth-order valence-corrected chi connectivity index (χ4v) is 9.59. The Bertz CT molecular complexity index is 976. The molecule has 0 aliphatic carbocycles. The molecule has 0 radical (unpaired) electrons. The predicted molar refractivity (Wildman–Crippen MR) is 269 cm³/mol. The second kappa shape index (κ2) is 49.4. The summed E-state index contributed by atoms with van der Waals surface area (Å²) in [6.07, 6.45) is 53.0. The van der Waals surface area contributed by atoms with Crippen molar-refractivity contribution >= 4 is 13.7 Å². The van der Waals surface area contributed by atoms with Crippen molar-refractivity contribution in [1.29, 1.82) is 0 Å². The van der Waals surface area contributed by atoms with Gasteiger partial charge in [0.2, 0.25) is 5.91 Å². The second-order valence-corrected chi connectivity index (χ2v) is 20.8. The number of aliphatic hydroxyl groups is 2. The van der Waals surface area contributed by atoms with Crippen molar-refractivity contribution in [2.75, 3.05) is 19.8 Å². The van der Waals surface area contributed by atoms with E-state index in [0.29, 0.717) is 12.8 Å². The Morgan fingerprint density at radius 2 is 0.762 bits per heavy atom. The van der Waals surface area contributed by atoms with Gasteiger partial charge in [-0.2, -0.15) is 0 Å². The van der Waals surface area contributed by atoms with Gasteiger partial charge in [-0.15, -0.1) is 0 Å². The van der Waals surface area contributed by atoms with E-state index in [1.807, 2.05) is 0 Å². The van der Waals surface area contributed by atoms with E-state index in [1.165, 1.54) is 225 Å². The lowest BCUT2D eigenvalue weighted by Crippen LogP contribution is -2.47. The number of nitrogens with one attached hydrogen (secondary N) is 1. The van der Waals surface area contributed by atoms with Gasteiger partial charge in [0.1, 0.15) is 0 Å². The number of carbonyl (C=O) groups is 1. The Morgan fingerprint density at radius 1 is 0.476 bits per heavy atom. The third-order valence-electron chi connectivity index (χ3n) is 13.0. The summed E-state index contributed by atoms with van der Waals surface area (Å²) in [5, 5.41) is 24.4. The summed E-state index contributed by atoms with van der Waals surface area (Å²) in [7, 11) is -4.38. The number of hydrogen-bond acceptors (Lipinski definition) is 7. The SMILES string of the molecule is CCCCCCCCCCCCCCCCCCCCCCCC(O)C(COP(=O)(O)OCCN)NC(=O)CC(O)CCCCCCCCCCCCCCCCCCCCCC. The third-order valence-corrected chi connectivity index (χ3v) is 14.0. The first-order valence-corrected chi connectivity index (χ1v) is 29.2. The number of amides is 1. The fraction of sp³-hybridized carbons (Fsp3) is 0.981. The molecule has 0 aromatic heterocycles. The van der Waals surface area contributed by atoms with Crippen LogP contribution in [0.4, 0.5) is 0 Å². The Kier molecular flexibility index (Phi) is 48.9. The van der Waals surface area contributed by atoms with Crippen LogP contribution < -0.4 is 11.1 Å². The zero-order chi connectivity index (χ0) is 46.2. The Morgan fingerprint density at radius 3 is 1.06 bits per heavy atom. The van der Waals surface area contributed by atoms with Gasteiger partial charge < -0.3 is 26.2 Å². The average Bonchev–Trinajstić information content (AvgIpc) is 3.26. The summed E-state index contributed by atoms with van der Waals surface area (Å²) in [4.78, 5) is 22.9. The lowest BCUT2D eigenvalue weighted by atomic mass is 10.0. The van der Waals surface area contributed by atoms with Crippen molar-refractivity contribution in [3.05, 3.63) is 0 Å². The summed E-state index contributed by atoms with van der Waals surface area (Å²) < 4.78 is 22.3. The minimum Gasteiger partial charge on any atom is -0.393 e. The largest absolute Gasteiger partial charge is 0.472 e. The van der Waals surface area contributed by atoms with Crippen LogP contribution in [0.5, 0.6) is 0 Å². The second-order valence-electron chi connectivity index (χ2n) is 19.4. The molecule has 1 amide bonds. The average molecular weight is 917 g/mol. The quantitative estimate of drug-likeness (QED) is 0.0299. The fourth-order valence-electron chi connectivity index (χ4n) is 8.83. The summed E-state index contributed by atoms with van der Waals surface area (Å²) in [5.74, 6) is -0.405. The van der Waals surface area contributed by atoms with Crippen LogP contribution in [-0.4, -0.2) is 59.0 Å². The number of carbonyl (C=O) groups excluding carboxylic acids is 1. The van der Waals surface area contributed by atoms with Gasteiger partial charge in [-0.3, -0.25) is 13.8 Å². The molecule has 0 aliphatic heterocycles. The first-order chi connectivity index (χ1) is 30.8. The molecule has 0 saturated heterocycles. The molecule has 0 aromatic carbocycles. The van der Waals surface area contributed by atoms with Crippen LogP contribution in [0, 0.1) is 0 Å². The molecule has 0 bridgehead atoms. The first-order valence-electron chi connectivity index (χ1n) is 27.7. The van der Waals surface area contributed by atoms with E-state index in [9.17, 15) is 24.5 Å². The molecular formula is C53H109N2O7P. The van der Waals surface area contributed by atoms with Gasteiger partial charge in [-0.25, -0.2) is 4.57 Å².